The molecule has 1 aromatic carbocycles. The van der Waals surface area contributed by atoms with Gasteiger partial charge in [0.25, 0.3) is 0 Å². The number of aryl methyl sites for hydroxylation is 2. The predicted molar refractivity (Wildman–Crippen MR) is 106 cm³/mol. The van der Waals surface area contributed by atoms with E-state index in [4.69, 9.17) is 0 Å². The highest BCUT2D eigenvalue weighted by Crippen LogP contribution is 2.31. The molecule has 30 heavy (non-hydrogen) atoms. The minimum atomic E-state index is -4.49. The molecular weight excluding hydrogens is 395 g/mol. The molecule has 0 aliphatic carbocycles. The van der Waals surface area contributed by atoms with Gasteiger partial charge in [0, 0.05) is 43.7 Å². The Morgan fingerprint density at radius 3 is 2.60 bits per heavy atom. The second kappa shape index (κ2) is 8.62. The van der Waals surface area contributed by atoms with Crippen molar-refractivity contribution in [1.82, 2.24) is 14.7 Å². The Labute approximate surface area is 173 Å². The van der Waals surface area contributed by atoms with Crippen molar-refractivity contribution in [2.24, 2.45) is 13.0 Å². The van der Waals surface area contributed by atoms with Gasteiger partial charge in [0.15, 0.2) is 5.78 Å². The lowest BCUT2D eigenvalue weighted by Crippen LogP contribution is -2.42. The third-order valence-corrected chi connectivity index (χ3v) is 5.87. The van der Waals surface area contributed by atoms with Crippen molar-refractivity contribution in [2.45, 2.75) is 45.7 Å². The highest BCUT2D eigenvalue weighted by Gasteiger charge is 2.33. The number of likely N-dealkylation sites (tertiary alicyclic amines) is 1. The van der Waals surface area contributed by atoms with E-state index >= 15 is 0 Å². The molecule has 162 valence electrons. The van der Waals surface area contributed by atoms with Crippen molar-refractivity contribution in [3.05, 3.63) is 52.3 Å². The summed E-state index contributed by atoms with van der Waals surface area (Å²) in [6.07, 6.45) is -2.37. The quantitative estimate of drug-likeness (QED) is 0.683. The average molecular weight is 421 g/mol. The van der Waals surface area contributed by atoms with Crippen LogP contribution in [0, 0.1) is 19.8 Å². The first kappa shape index (κ1) is 22.1. The van der Waals surface area contributed by atoms with Crippen molar-refractivity contribution in [1.29, 1.82) is 0 Å². The fourth-order valence-corrected chi connectivity index (χ4v) is 4.07. The zero-order valence-corrected chi connectivity index (χ0v) is 17.4. The van der Waals surface area contributed by atoms with Crippen molar-refractivity contribution in [3.8, 4) is 0 Å². The number of amides is 1. The summed E-state index contributed by atoms with van der Waals surface area (Å²) < 4.78 is 40.7. The molecule has 5 nitrogen and oxygen atoms in total. The zero-order chi connectivity index (χ0) is 22.1. The van der Waals surface area contributed by atoms with Gasteiger partial charge >= 0.3 is 6.18 Å². The molecule has 0 N–H and O–H groups in total. The lowest BCUT2D eigenvalue weighted by molar-refractivity contribution is -0.137. The molecule has 1 fully saturated rings. The summed E-state index contributed by atoms with van der Waals surface area (Å²) >= 11 is 0. The molecule has 1 aliphatic heterocycles. The number of piperidine rings is 1. The minimum Gasteiger partial charge on any atom is -0.342 e. The van der Waals surface area contributed by atoms with Crippen molar-refractivity contribution < 1.29 is 22.8 Å². The number of rotatable bonds is 5. The van der Waals surface area contributed by atoms with Gasteiger partial charge in [-0.1, -0.05) is 12.1 Å². The Morgan fingerprint density at radius 1 is 1.23 bits per heavy atom. The van der Waals surface area contributed by atoms with Crippen LogP contribution in [0.25, 0.3) is 0 Å². The second-order valence-corrected chi connectivity index (χ2v) is 7.89. The Morgan fingerprint density at radius 2 is 1.97 bits per heavy atom. The second-order valence-electron chi connectivity index (χ2n) is 7.89. The summed E-state index contributed by atoms with van der Waals surface area (Å²) in [4.78, 5) is 27.2. The normalized spacial score (nSPS) is 17.3. The number of carbonyl (C=O) groups is 2. The van der Waals surface area contributed by atoms with Crippen LogP contribution in [0.4, 0.5) is 13.2 Å². The largest absolute Gasteiger partial charge is 0.416 e. The first-order valence-corrected chi connectivity index (χ1v) is 10.1. The molecule has 1 aliphatic rings. The smallest absolute Gasteiger partial charge is 0.342 e. The molecule has 1 atom stereocenters. The molecule has 0 spiro atoms. The molecule has 0 saturated carbocycles. The maximum absolute atomic E-state index is 13.0. The Balaban J connectivity index is 1.65. The Hall–Kier alpha value is -2.64. The zero-order valence-electron chi connectivity index (χ0n) is 17.4. The third-order valence-electron chi connectivity index (χ3n) is 5.87. The number of halogens is 3. The van der Waals surface area contributed by atoms with E-state index in [1.54, 1.807) is 9.58 Å². The number of hydrogen-bond acceptors (Lipinski definition) is 3. The van der Waals surface area contributed by atoms with Crippen molar-refractivity contribution in [3.63, 3.8) is 0 Å². The van der Waals surface area contributed by atoms with Crippen molar-refractivity contribution in [2.75, 3.05) is 13.1 Å². The van der Waals surface area contributed by atoms with E-state index < -0.39 is 17.7 Å². The van der Waals surface area contributed by atoms with Crippen LogP contribution in [-0.4, -0.2) is 39.5 Å². The first-order valence-electron chi connectivity index (χ1n) is 10.1. The van der Waals surface area contributed by atoms with Gasteiger partial charge in [0.2, 0.25) is 5.91 Å². The molecule has 1 unspecified atom stereocenters. The van der Waals surface area contributed by atoms with Crippen LogP contribution in [0.1, 0.15) is 52.1 Å². The van der Waals surface area contributed by atoms with Gasteiger partial charge in [-0.15, -0.1) is 0 Å². The van der Waals surface area contributed by atoms with Gasteiger partial charge in [-0.2, -0.15) is 18.3 Å². The summed E-state index contributed by atoms with van der Waals surface area (Å²) in [5.41, 5.74) is 2.19. The number of benzene rings is 1. The molecule has 1 amide bonds. The summed E-state index contributed by atoms with van der Waals surface area (Å²) in [5.74, 6) is -0.857. The number of Topliss-reactive ketones (excluding diaryl/α,β-unsaturated/α-hetero) is 1. The third kappa shape index (κ3) is 4.74. The van der Waals surface area contributed by atoms with E-state index in [2.05, 4.69) is 5.10 Å². The monoisotopic (exact) mass is 421 g/mol. The van der Waals surface area contributed by atoms with Crippen LogP contribution in [0.15, 0.2) is 24.3 Å². The molecule has 3 rings (SSSR count). The summed E-state index contributed by atoms with van der Waals surface area (Å²) in [7, 11) is 1.86. The van der Waals surface area contributed by atoms with E-state index in [0.29, 0.717) is 32.2 Å². The van der Waals surface area contributed by atoms with Crippen LogP contribution in [0.5, 0.6) is 0 Å². The number of ketones is 1. The van der Waals surface area contributed by atoms with Gasteiger partial charge in [-0.3, -0.25) is 14.3 Å². The minimum absolute atomic E-state index is 0.0424. The van der Waals surface area contributed by atoms with Gasteiger partial charge < -0.3 is 4.90 Å². The molecule has 1 saturated heterocycles. The number of aromatic nitrogens is 2. The fraction of sp³-hybridized carbons (Fsp3) is 0.500. The molecular formula is C22H26F3N3O2. The van der Waals surface area contributed by atoms with Crippen LogP contribution < -0.4 is 0 Å². The molecule has 2 heterocycles. The van der Waals surface area contributed by atoms with Crippen LogP contribution >= 0.6 is 0 Å². The van der Waals surface area contributed by atoms with Gasteiger partial charge in [0.1, 0.15) is 0 Å². The van der Waals surface area contributed by atoms with E-state index in [1.165, 1.54) is 12.1 Å². The Kier molecular flexibility index (Phi) is 6.33. The summed E-state index contributed by atoms with van der Waals surface area (Å²) in [5, 5.41) is 4.36. The van der Waals surface area contributed by atoms with E-state index in [9.17, 15) is 22.8 Å². The van der Waals surface area contributed by atoms with Gasteiger partial charge in [0.05, 0.1) is 11.3 Å². The van der Waals surface area contributed by atoms with E-state index in [1.807, 2.05) is 20.9 Å². The average Bonchev–Trinajstić information content (AvgIpc) is 2.96. The van der Waals surface area contributed by atoms with Gasteiger partial charge in [-0.05, 0) is 50.8 Å². The highest BCUT2D eigenvalue weighted by atomic mass is 19.4. The topological polar surface area (TPSA) is 55.2 Å². The molecule has 2 aromatic rings. The number of alkyl halides is 3. The SMILES string of the molecule is Cc1nn(C)c(C)c1CCC(=O)N1CCCC(C(=O)c2cccc(C(F)(F)F)c2)C1. The van der Waals surface area contributed by atoms with Crippen LogP contribution in [0.2, 0.25) is 0 Å². The number of nitrogens with zero attached hydrogens (tertiary/aromatic N) is 3. The number of hydrogen-bond donors (Lipinski definition) is 0. The van der Waals surface area contributed by atoms with E-state index in [0.717, 1.165) is 29.1 Å². The highest BCUT2D eigenvalue weighted by molar-refractivity contribution is 5.98. The standard InChI is InChI=1S/C22H26F3N3O2/c1-14-19(15(2)27(3)26-14)9-10-20(29)28-11-5-7-17(13-28)21(30)16-6-4-8-18(12-16)22(23,24)25/h4,6,8,12,17H,5,7,9-11,13H2,1-3H3. The lowest BCUT2D eigenvalue weighted by atomic mass is 9.89. The lowest BCUT2D eigenvalue weighted by Gasteiger charge is -2.32. The Bertz CT molecular complexity index is 950. The van der Waals surface area contributed by atoms with E-state index in [-0.39, 0.29) is 23.8 Å². The van der Waals surface area contributed by atoms with Crippen LogP contribution in [-0.2, 0) is 24.4 Å². The maximum Gasteiger partial charge on any atom is 0.416 e. The van der Waals surface area contributed by atoms with Crippen LogP contribution in [0.3, 0.4) is 0 Å². The van der Waals surface area contributed by atoms with Crippen molar-refractivity contribution >= 4 is 11.7 Å². The summed E-state index contributed by atoms with van der Waals surface area (Å²) in [6, 6.07) is 4.51. The fourth-order valence-electron chi connectivity index (χ4n) is 4.07. The molecule has 8 heteroatoms. The number of carbonyl (C=O) groups excluding carboxylic acids is 2. The summed E-state index contributed by atoms with van der Waals surface area (Å²) in [6.45, 7) is 4.69. The predicted octanol–water partition coefficient (Wildman–Crippen LogP) is 4.11. The molecule has 0 radical (unpaired) electrons. The molecule has 1 aromatic heterocycles. The molecule has 0 bridgehead atoms. The first-order chi connectivity index (χ1) is 14.1. The maximum atomic E-state index is 13.0. The van der Waals surface area contributed by atoms with Gasteiger partial charge in [-0.25, -0.2) is 0 Å².